The molecule has 1 heterocycles. The summed E-state index contributed by atoms with van der Waals surface area (Å²) in [6.07, 6.45) is 9.31. The summed E-state index contributed by atoms with van der Waals surface area (Å²) in [5.41, 5.74) is 2.47. The smallest absolute Gasteiger partial charge is 0.307 e. The fraction of sp³-hybridized carbons (Fsp3) is 0.385. The van der Waals surface area contributed by atoms with Crippen LogP contribution in [0, 0.1) is 12.8 Å². The maximum Gasteiger partial charge on any atom is 0.307 e. The first-order valence-corrected chi connectivity index (χ1v) is 5.80. The van der Waals surface area contributed by atoms with Gasteiger partial charge in [-0.2, -0.15) is 5.10 Å². The van der Waals surface area contributed by atoms with Crippen LogP contribution in [0.5, 0.6) is 0 Å². The lowest BCUT2D eigenvalue weighted by Gasteiger charge is -2.11. The number of furan rings is 1. The molecule has 1 aliphatic rings. The molecular formula is C13H16N2O2. The first-order chi connectivity index (χ1) is 8.25. The van der Waals surface area contributed by atoms with Gasteiger partial charge in [0.25, 0.3) is 0 Å². The van der Waals surface area contributed by atoms with Crippen molar-refractivity contribution in [2.45, 2.75) is 26.2 Å². The highest BCUT2D eigenvalue weighted by Gasteiger charge is 2.09. The van der Waals surface area contributed by atoms with Gasteiger partial charge < -0.3 is 4.42 Å². The zero-order valence-corrected chi connectivity index (χ0v) is 9.85. The molecule has 0 saturated heterocycles. The SMILES string of the molecule is Cc1ccc(C(=O)NN=CC2CC=CCC2)o1. The second kappa shape index (κ2) is 5.48. The number of hydrazone groups is 1. The Labute approximate surface area is 100 Å². The average molecular weight is 232 g/mol. The van der Waals surface area contributed by atoms with Crippen LogP contribution in [0.25, 0.3) is 0 Å². The van der Waals surface area contributed by atoms with E-state index in [1.807, 2.05) is 0 Å². The lowest BCUT2D eigenvalue weighted by Crippen LogP contribution is -2.18. The second-order valence-electron chi connectivity index (χ2n) is 4.17. The quantitative estimate of drug-likeness (QED) is 0.495. The fourth-order valence-corrected chi connectivity index (χ4v) is 1.77. The Morgan fingerprint density at radius 1 is 1.53 bits per heavy atom. The van der Waals surface area contributed by atoms with Crippen molar-refractivity contribution < 1.29 is 9.21 Å². The second-order valence-corrected chi connectivity index (χ2v) is 4.17. The van der Waals surface area contributed by atoms with Crippen LogP contribution < -0.4 is 5.43 Å². The molecule has 0 spiro atoms. The number of aryl methyl sites for hydroxylation is 1. The molecule has 4 heteroatoms. The molecule has 90 valence electrons. The maximum absolute atomic E-state index is 11.6. The van der Waals surface area contributed by atoms with Crippen LogP contribution in [0.1, 0.15) is 35.6 Å². The Morgan fingerprint density at radius 2 is 2.41 bits per heavy atom. The van der Waals surface area contributed by atoms with Crippen molar-refractivity contribution in [2.75, 3.05) is 0 Å². The van der Waals surface area contributed by atoms with E-state index >= 15 is 0 Å². The van der Waals surface area contributed by atoms with Gasteiger partial charge in [-0.3, -0.25) is 4.79 Å². The van der Waals surface area contributed by atoms with Crippen molar-refractivity contribution in [3.05, 3.63) is 35.8 Å². The van der Waals surface area contributed by atoms with Gasteiger partial charge in [0.05, 0.1) is 0 Å². The van der Waals surface area contributed by atoms with Crippen molar-refractivity contribution in [3.63, 3.8) is 0 Å². The van der Waals surface area contributed by atoms with Crippen molar-refractivity contribution in [3.8, 4) is 0 Å². The number of carbonyl (C=O) groups is 1. The monoisotopic (exact) mass is 232 g/mol. The third-order valence-electron chi connectivity index (χ3n) is 2.73. The van der Waals surface area contributed by atoms with Gasteiger partial charge in [0.15, 0.2) is 5.76 Å². The molecule has 0 saturated carbocycles. The summed E-state index contributed by atoms with van der Waals surface area (Å²) in [5, 5.41) is 3.96. The van der Waals surface area contributed by atoms with Gasteiger partial charge in [-0.25, -0.2) is 5.43 Å². The normalized spacial score (nSPS) is 19.7. The molecule has 1 N–H and O–H groups in total. The minimum atomic E-state index is -0.305. The third kappa shape index (κ3) is 3.31. The summed E-state index contributed by atoms with van der Waals surface area (Å²) < 4.78 is 5.19. The minimum absolute atomic E-state index is 0.295. The predicted molar refractivity (Wildman–Crippen MR) is 65.9 cm³/mol. The molecule has 4 nitrogen and oxygen atoms in total. The van der Waals surface area contributed by atoms with Gasteiger partial charge in [-0.15, -0.1) is 0 Å². The first kappa shape index (κ1) is 11.6. The molecule has 0 bridgehead atoms. The average Bonchev–Trinajstić information content (AvgIpc) is 2.77. The van der Waals surface area contributed by atoms with Crippen molar-refractivity contribution in [2.24, 2.45) is 11.0 Å². The van der Waals surface area contributed by atoms with Gasteiger partial charge in [0.2, 0.25) is 0 Å². The van der Waals surface area contributed by atoms with Crippen molar-refractivity contribution in [1.82, 2.24) is 5.43 Å². The van der Waals surface area contributed by atoms with E-state index < -0.39 is 0 Å². The van der Waals surface area contributed by atoms with Crippen LogP contribution in [0.3, 0.4) is 0 Å². The molecule has 0 radical (unpaired) electrons. The number of hydrogen-bond donors (Lipinski definition) is 1. The molecular weight excluding hydrogens is 216 g/mol. The van der Waals surface area contributed by atoms with Crippen molar-refractivity contribution >= 4 is 12.1 Å². The van der Waals surface area contributed by atoms with Gasteiger partial charge in [-0.1, -0.05) is 12.2 Å². The lowest BCUT2D eigenvalue weighted by molar-refractivity contribution is 0.0926. The zero-order chi connectivity index (χ0) is 12.1. The highest BCUT2D eigenvalue weighted by Crippen LogP contribution is 2.15. The molecule has 1 aromatic rings. The van der Waals surface area contributed by atoms with Crippen molar-refractivity contribution in [1.29, 1.82) is 0 Å². The predicted octanol–water partition coefficient (Wildman–Crippen LogP) is 2.66. The molecule has 1 unspecified atom stereocenters. The van der Waals surface area contributed by atoms with Gasteiger partial charge in [0.1, 0.15) is 5.76 Å². The number of carbonyl (C=O) groups excluding carboxylic acids is 1. The molecule has 0 fully saturated rings. The Morgan fingerprint density at radius 3 is 3.06 bits per heavy atom. The van der Waals surface area contributed by atoms with E-state index in [1.165, 1.54) is 0 Å². The number of nitrogens with one attached hydrogen (secondary N) is 1. The topological polar surface area (TPSA) is 54.6 Å². The molecule has 2 rings (SSSR count). The number of amides is 1. The van der Waals surface area contributed by atoms with E-state index in [9.17, 15) is 4.79 Å². The van der Waals surface area contributed by atoms with E-state index in [0.29, 0.717) is 11.7 Å². The first-order valence-electron chi connectivity index (χ1n) is 5.80. The van der Waals surface area contributed by atoms with Crippen LogP contribution in [0.4, 0.5) is 0 Å². The van der Waals surface area contributed by atoms with Crippen LogP contribution in [0.2, 0.25) is 0 Å². The van der Waals surface area contributed by atoms with E-state index in [0.717, 1.165) is 25.0 Å². The molecule has 1 atom stereocenters. The maximum atomic E-state index is 11.6. The highest BCUT2D eigenvalue weighted by atomic mass is 16.3. The number of hydrogen-bond acceptors (Lipinski definition) is 3. The minimum Gasteiger partial charge on any atom is -0.456 e. The van der Waals surface area contributed by atoms with E-state index in [2.05, 4.69) is 22.7 Å². The molecule has 17 heavy (non-hydrogen) atoms. The largest absolute Gasteiger partial charge is 0.456 e. The van der Waals surface area contributed by atoms with Crippen LogP contribution in [0.15, 0.2) is 33.8 Å². The molecule has 1 aliphatic carbocycles. The van der Waals surface area contributed by atoms with Gasteiger partial charge >= 0.3 is 5.91 Å². The van der Waals surface area contributed by atoms with Crippen LogP contribution >= 0.6 is 0 Å². The van der Waals surface area contributed by atoms with Gasteiger partial charge in [-0.05, 0) is 44.2 Å². The molecule has 0 aromatic carbocycles. The van der Waals surface area contributed by atoms with Crippen LogP contribution in [-0.2, 0) is 0 Å². The Hall–Kier alpha value is -1.84. The Kier molecular flexibility index (Phi) is 3.75. The summed E-state index contributed by atoms with van der Waals surface area (Å²) in [4.78, 5) is 11.6. The van der Waals surface area contributed by atoms with Crippen LogP contribution in [-0.4, -0.2) is 12.1 Å². The summed E-state index contributed by atoms with van der Waals surface area (Å²) >= 11 is 0. The van der Waals surface area contributed by atoms with E-state index in [4.69, 9.17) is 4.42 Å². The summed E-state index contributed by atoms with van der Waals surface area (Å²) in [7, 11) is 0. The third-order valence-corrected chi connectivity index (χ3v) is 2.73. The Bertz CT molecular complexity index is 446. The summed E-state index contributed by atoms with van der Waals surface area (Å²) in [6, 6.07) is 3.40. The van der Waals surface area contributed by atoms with E-state index in [1.54, 1.807) is 25.3 Å². The molecule has 1 amide bonds. The standard InChI is InChI=1S/C13H16N2O2/c1-10-7-8-12(17-10)13(16)15-14-9-11-5-3-2-4-6-11/h2-3,7-9,11H,4-6H2,1H3,(H,15,16). The molecule has 0 aliphatic heterocycles. The highest BCUT2D eigenvalue weighted by molar-refractivity contribution is 5.91. The summed E-state index contributed by atoms with van der Waals surface area (Å²) in [5.74, 6) is 1.14. The lowest BCUT2D eigenvalue weighted by atomic mass is 9.96. The van der Waals surface area contributed by atoms with E-state index in [-0.39, 0.29) is 5.91 Å². The Balaban J connectivity index is 1.83. The van der Waals surface area contributed by atoms with Gasteiger partial charge in [0, 0.05) is 6.21 Å². The fourth-order valence-electron chi connectivity index (χ4n) is 1.77. The number of allylic oxidation sites excluding steroid dienone is 2. The molecule has 1 aromatic heterocycles. The number of rotatable bonds is 3. The number of nitrogens with zero attached hydrogens (tertiary/aromatic N) is 1. The summed E-state index contributed by atoms with van der Waals surface area (Å²) in [6.45, 7) is 1.80. The zero-order valence-electron chi connectivity index (χ0n) is 9.85.